The summed E-state index contributed by atoms with van der Waals surface area (Å²) in [6.07, 6.45) is 1.86. The molecule has 0 unspecified atom stereocenters. The van der Waals surface area contributed by atoms with Crippen molar-refractivity contribution >= 4 is 31.6 Å². The van der Waals surface area contributed by atoms with Crippen LogP contribution in [0, 0.1) is 0 Å². The monoisotopic (exact) mass is 214 g/mol. The molecule has 3 aromatic rings. The average Bonchev–Trinajstić information content (AvgIpc) is 2.66. The molecule has 2 aromatic heterocycles. The molecule has 0 radical (unpaired) electrons. The summed E-state index contributed by atoms with van der Waals surface area (Å²) in [6.45, 7) is 0.553. The zero-order valence-electron chi connectivity index (χ0n) is 8.10. The molecular formula is C12H10N2S. The summed E-state index contributed by atoms with van der Waals surface area (Å²) < 4.78 is 2.51. The molecule has 0 aliphatic carbocycles. The predicted octanol–water partition coefficient (Wildman–Crippen LogP) is 2.91. The Hall–Kier alpha value is -1.45. The van der Waals surface area contributed by atoms with E-state index < -0.39 is 0 Å². The number of hydrogen-bond acceptors (Lipinski definition) is 3. The fourth-order valence-electron chi connectivity index (χ4n) is 1.75. The third-order valence-electron chi connectivity index (χ3n) is 2.51. The third kappa shape index (κ3) is 1.32. The molecular weight excluding hydrogens is 204 g/mol. The summed E-state index contributed by atoms with van der Waals surface area (Å²) >= 11 is 1.77. The lowest BCUT2D eigenvalue weighted by Gasteiger charge is -1.95. The van der Waals surface area contributed by atoms with Crippen molar-refractivity contribution in [2.24, 2.45) is 5.73 Å². The van der Waals surface area contributed by atoms with Gasteiger partial charge in [0.2, 0.25) is 0 Å². The first kappa shape index (κ1) is 8.83. The topological polar surface area (TPSA) is 38.9 Å². The molecule has 0 saturated carbocycles. The average molecular weight is 214 g/mol. The summed E-state index contributed by atoms with van der Waals surface area (Å²) in [5.74, 6) is 0. The molecule has 0 amide bonds. The first-order valence-corrected chi connectivity index (χ1v) is 5.66. The predicted molar refractivity (Wildman–Crippen MR) is 65.0 cm³/mol. The maximum atomic E-state index is 5.60. The SMILES string of the molecule is NCc1cnc2c(c1)sc1ccccc12. The lowest BCUT2D eigenvalue weighted by molar-refractivity contribution is 1.06. The van der Waals surface area contributed by atoms with E-state index in [1.54, 1.807) is 11.3 Å². The first-order valence-electron chi connectivity index (χ1n) is 4.85. The van der Waals surface area contributed by atoms with Gasteiger partial charge in [-0.15, -0.1) is 11.3 Å². The summed E-state index contributed by atoms with van der Waals surface area (Å²) in [5, 5.41) is 1.24. The number of fused-ring (bicyclic) bond motifs is 3. The molecule has 15 heavy (non-hydrogen) atoms. The molecule has 3 rings (SSSR count). The van der Waals surface area contributed by atoms with E-state index in [4.69, 9.17) is 5.73 Å². The van der Waals surface area contributed by atoms with Crippen molar-refractivity contribution in [2.75, 3.05) is 0 Å². The molecule has 3 heteroatoms. The molecule has 0 aliphatic heterocycles. The van der Waals surface area contributed by atoms with Gasteiger partial charge in [0, 0.05) is 22.8 Å². The van der Waals surface area contributed by atoms with Gasteiger partial charge in [-0.2, -0.15) is 0 Å². The second kappa shape index (κ2) is 3.29. The van der Waals surface area contributed by atoms with Crippen LogP contribution in [0.5, 0.6) is 0 Å². The minimum Gasteiger partial charge on any atom is -0.326 e. The summed E-state index contributed by atoms with van der Waals surface area (Å²) in [4.78, 5) is 4.47. The summed E-state index contributed by atoms with van der Waals surface area (Å²) in [5.41, 5.74) is 7.78. The molecule has 74 valence electrons. The summed E-state index contributed by atoms with van der Waals surface area (Å²) in [7, 11) is 0. The highest BCUT2D eigenvalue weighted by Crippen LogP contribution is 2.32. The van der Waals surface area contributed by atoms with Gasteiger partial charge in [-0.3, -0.25) is 4.98 Å². The van der Waals surface area contributed by atoms with Gasteiger partial charge in [-0.05, 0) is 17.7 Å². The van der Waals surface area contributed by atoms with Crippen LogP contribution >= 0.6 is 11.3 Å². The van der Waals surface area contributed by atoms with E-state index in [9.17, 15) is 0 Å². The number of aromatic nitrogens is 1. The van der Waals surface area contributed by atoms with Crippen LogP contribution in [0.1, 0.15) is 5.56 Å². The van der Waals surface area contributed by atoms with Crippen molar-refractivity contribution in [3.63, 3.8) is 0 Å². The lowest BCUT2D eigenvalue weighted by atomic mass is 10.2. The Bertz CT molecular complexity index is 628. The molecule has 0 spiro atoms. The van der Waals surface area contributed by atoms with E-state index in [-0.39, 0.29) is 0 Å². The van der Waals surface area contributed by atoms with E-state index in [0.717, 1.165) is 11.1 Å². The van der Waals surface area contributed by atoms with Gasteiger partial charge in [0.05, 0.1) is 10.2 Å². The number of thiophene rings is 1. The quantitative estimate of drug-likeness (QED) is 0.676. The van der Waals surface area contributed by atoms with Crippen LogP contribution in [0.3, 0.4) is 0 Å². The highest BCUT2D eigenvalue weighted by Gasteiger charge is 2.05. The normalized spacial score (nSPS) is 11.3. The molecule has 0 aliphatic rings. The molecule has 2 heterocycles. The molecule has 2 N–H and O–H groups in total. The van der Waals surface area contributed by atoms with Gasteiger partial charge in [0.25, 0.3) is 0 Å². The molecule has 1 aromatic carbocycles. The van der Waals surface area contributed by atoms with Crippen molar-refractivity contribution in [3.8, 4) is 0 Å². The standard InChI is InChI=1S/C12H10N2S/c13-6-8-5-11-12(14-7-8)9-3-1-2-4-10(9)15-11/h1-5,7H,6,13H2. The number of nitrogens with two attached hydrogens (primary N) is 1. The van der Waals surface area contributed by atoms with Crippen LogP contribution in [0.4, 0.5) is 0 Å². The van der Waals surface area contributed by atoms with E-state index in [2.05, 4.69) is 29.2 Å². The number of rotatable bonds is 1. The summed E-state index contributed by atoms with van der Waals surface area (Å²) in [6, 6.07) is 10.5. The Morgan fingerprint density at radius 3 is 2.93 bits per heavy atom. The zero-order chi connectivity index (χ0) is 10.3. The lowest BCUT2D eigenvalue weighted by Crippen LogP contribution is -1.95. The van der Waals surface area contributed by atoms with Crippen molar-refractivity contribution in [1.29, 1.82) is 0 Å². The van der Waals surface area contributed by atoms with Crippen LogP contribution in [-0.4, -0.2) is 4.98 Å². The van der Waals surface area contributed by atoms with Gasteiger partial charge < -0.3 is 5.73 Å². The Morgan fingerprint density at radius 1 is 1.20 bits per heavy atom. The number of benzene rings is 1. The van der Waals surface area contributed by atoms with Gasteiger partial charge >= 0.3 is 0 Å². The van der Waals surface area contributed by atoms with Crippen LogP contribution < -0.4 is 5.73 Å². The number of nitrogens with zero attached hydrogens (tertiary/aromatic N) is 1. The number of hydrogen-bond donors (Lipinski definition) is 1. The maximum absolute atomic E-state index is 5.60. The van der Waals surface area contributed by atoms with Crippen LogP contribution in [0.15, 0.2) is 36.5 Å². The second-order valence-electron chi connectivity index (χ2n) is 3.49. The minimum absolute atomic E-state index is 0.553. The van der Waals surface area contributed by atoms with Crippen LogP contribution in [-0.2, 0) is 6.54 Å². The van der Waals surface area contributed by atoms with Gasteiger partial charge in [0.15, 0.2) is 0 Å². The Morgan fingerprint density at radius 2 is 2.07 bits per heavy atom. The zero-order valence-corrected chi connectivity index (χ0v) is 8.92. The van der Waals surface area contributed by atoms with E-state index >= 15 is 0 Å². The number of pyridine rings is 1. The fraction of sp³-hybridized carbons (Fsp3) is 0.0833. The van der Waals surface area contributed by atoms with Crippen molar-refractivity contribution < 1.29 is 0 Å². The Labute approximate surface area is 91.4 Å². The van der Waals surface area contributed by atoms with Crippen LogP contribution in [0.25, 0.3) is 20.3 Å². The second-order valence-corrected chi connectivity index (χ2v) is 4.58. The van der Waals surface area contributed by atoms with Gasteiger partial charge in [-0.25, -0.2) is 0 Å². The molecule has 2 nitrogen and oxygen atoms in total. The van der Waals surface area contributed by atoms with Crippen molar-refractivity contribution in [3.05, 3.63) is 42.1 Å². The molecule has 0 fully saturated rings. The van der Waals surface area contributed by atoms with Crippen molar-refractivity contribution in [2.45, 2.75) is 6.54 Å². The van der Waals surface area contributed by atoms with Crippen molar-refractivity contribution in [1.82, 2.24) is 4.98 Å². The third-order valence-corrected chi connectivity index (χ3v) is 3.61. The van der Waals surface area contributed by atoms with Gasteiger partial charge in [0.1, 0.15) is 0 Å². The van der Waals surface area contributed by atoms with E-state index in [1.807, 2.05) is 12.3 Å². The smallest absolute Gasteiger partial charge is 0.0888 e. The minimum atomic E-state index is 0.553. The van der Waals surface area contributed by atoms with Crippen LogP contribution in [0.2, 0.25) is 0 Å². The fourth-order valence-corrected chi connectivity index (χ4v) is 2.87. The first-order chi connectivity index (χ1) is 7.38. The Kier molecular flexibility index (Phi) is 1.94. The maximum Gasteiger partial charge on any atom is 0.0888 e. The molecule has 0 atom stereocenters. The molecule has 0 saturated heterocycles. The van der Waals surface area contributed by atoms with Gasteiger partial charge in [-0.1, -0.05) is 18.2 Å². The highest BCUT2D eigenvalue weighted by atomic mass is 32.1. The largest absolute Gasteiger partial charge is 0.326 e. The highest BCUT2D eigenvalue weighted by molar-refractivity contribution is 7.25. The van der Waals surface area contributed by atoms with E-state index in [1.165, 1.54) is 14.8 Å². The Balaban J connectivity index is 2.43. The molecule has 0 bridgehead atoms. The van der Waals surface area contributed by atoms with E-state index in [0.29, 0.717) is 6.54 Å².